The Hall–Kier alpha value is -3.12. The number of para-hydroxylation sites is 1. The molecule has 6 heteroatoms. The van der Waals surface area contributed by atoms with Gasteiger partial charge in [0.25, 0.3) is 5.91 Å². The molecule has 1 N–H and O–H groups in total. The molecule has 4 nitrogen and oxygen atoms in total. The fraction of sp³-hybridized carbons (Fsp3) is 0.231. The molecule has 0 unspecified atom stereocenters. The molecule has 4 aromatic rings. The van der Waals surface area contributed by atoms with Crippen LogP contribution in [0.2, 0.25) is 0 Å². The van der Waals surface area contributed by atoms with E-state index in [2.05, 4.69) is 34.4 Å². The molecule has 1 amide bonds. The van der Waals surface area contributed by atoms with Crippen LogP contribution < -0.4 is 0 Å². The molecular weight excluding hydrogens is 421 g/mol. The van der Waals surface area contributed by atoms with E-state index in [1.54, 1.807) is 18.3 Å². The molecule has 2 aromatic carbocycles. The lowest BCUT2D eigenvalue weighted by Gasteiger charge is -2.32. The number of aromatic amines is 1. The summed E-state index contributed by atoms with van der Waals surface area (Å²) in [6.07, 6.45) is 5.74. The van der Waals surface area contributed by atoms with Gasteiger partial charge >= 0.3 is 0 Å². The first-order valence-electron chi connectivity index (χ1n) is 10.9. The summed E-state index contributed by atoms with van der Waals surface area (Å²) in [6.45, 7) is 1.47. The molecule has 5 rings (SSSR count). The van der Waals surface area contributed by atoms with E-state index >= 15 is 0 Å². The number of carbonyl (C=O) groups excluding carboxylic acids is 1. The summed E-state index contributed by atoms with van der Waals surface area (Å²) in [5, 5.41) is 2.00. The number of halogens is 1. The number of hydrogen-bond acceptors (Lipinski definition) is 3. The van der Waals surface area contributed by atoms with Crippen molar-refractivity contribution in [3.8, 4) is 0 Å². The number of rotatable bonds is 5. The van der Waals surface area contributed by atoms with Crippen LogP contribution in [0, 0.1) is 5.82 Å². The molecule has 3 heterocycles. The minimum atomic E-state index is -0.247. The van der Waals surface area contributed by atoms with Crippen LogP contribution in [0.1, 0.15) is 40.2 Å². The van der Waals surface area contributed by atoms with Crippen molar-refractivity contribution in [2.45, 2.75) is 29.5 Å². The van der Waals surface area contributed by atoms with Crippen molar-refractivity contribution in [1.29, 1.82) is 0 Å². The number of nitrogens with zero attached hydrogens (tertiary/aromatic N) is 2. The number of hydrogen-bond donors (Lipinski definition) is 1. The Bertz CT molecular complexity index is 1230. The number of nitrogens with one attached hydrogen (secondary N) is 1. The van der Waals surface area contributed by atoms with Gasteiger partial charge in [-0.05, 0) is 60.2 Å². The van der Waals surface area contributed by atoms with Crippen molar-refractivity contribution in [2.24, 2.45) is 0 Å². The Morgan fingerprint density at radius 3 is 2.66 bits per heavy atom. The van der Waals surface area contributed by atoms with Gasteiger partial charge in [0.05, 0.1) is 5.56 Å². The lowest BCUT2D eigenvalue weighted by Crippen LogP contribution is -2.38. The topological polar surface area (TPSA) is 49.0 Å². The minimum absolute atomic E-state index is 0.0390. The van der Waals surface area contributed by atoms with Crippen LogP contribution in [0.5, 0.6) is 0 Å². The maximum atomic E-state index is 13.3. The molecule has 0 bridgehead atoms. The standard InChI is InChI=1S/C26H24FN3OS/c27-20-9-7-18(8-10-20)17-32-25-22(5-3-13-28-25)26(31)30-14-11-19(12-15-30)23-16-29-24-6-2-1-4-21(23)24/h1-10,13,16,19,29H,11-12,14-15,17H2. The number of amides is 1. The lowest BCUT2D eigenvalue weighted by molar-refractivity contribution is 0.0709. The highest BCUT2D eigenvalue weighted by molar-refractivity contribution is 7.98. The van der Waals surface area contributed by atoms with Gasteiger partial charge in [-0.3, -0.25) is 4.79 Å². The third-order valence-electron chi connectivity index (χ3n) is 6.13. The van der Waals surface area contributed by atoms with E-state index in [0.717, 1.165) is 36.5 Å². The van der Waals surface area contributed by atoms with Gasteiger partial charge in [0.15, 0.2) is 0 Å². The Labute approximate surface area is 190 Å². The van der Waals surface area contributed by atoms with Crippen molar-refractivity contribution in [1.82, 2.24) is 14.9 Å². The SMILES string of the molecule is O=C(c1cccnc1SCc1ccc(F)cc1)N1CCC(c2c[nH]c3ccccc23)CC1. The molecular formula is C26H24FN3OS. The third-order valence-corrected chi connectivity index (χ3v) is 7.21. The fourth-order valence-electron chi connectivity index (χ4n) is 4.40. The van der Waals surface area contributed by atoms with Crippen molar-refractivity contribution in [3.63, 3.8) is 0 Å². The summed E-state index contributed by atoms with van der Waals surface area (Å²) in [7, 11) is 0. The van der Waals surface area contributed by atoms with Crippen molar-refractivity contribution >= 4 is 28.6 Å². The average Bonchev–Trinajstić information content (AvgIpc) is 3.28. The fourth-order valence-corrected chi connectivity index (χ4v) is 5.34. The second-order valence-electron chi connectivity index (χ2n) is 8.13. The Balaban J connectivity index is 1.26. The van der Waals surface area contributed by atoms with Crippen molar-refractivity contribution in [2.75, 3.05) is 13.1 Å². The molecule has 162 valence electrons. The van der Waals surface area contributed by atoms with E-state index in [0.29, 0.717) is 17.2 Å². The lowest BCUT2D eigenvalue weighted by atomic mass is 9.89. The van der Waals surface area contributed by atoms with Gasteiger partial charge in [0, 0.05) is 42.1 Å². The number of H-pyrrole nitrogens is 1. The molecule has 1 aliphatic rings. The number of likely N-dealkylation sites (tertiary alicyclic amines) is 1. The Morgan fingerprint density at radius 1 is 1.06 bits per heavy atom. The average molecular weight is 446 g/mol. The first kappa shape index (κ1) is 20.8. The monoisotopic (exact) mass is 445 g/mol. The van der Waals surface area contributed by atoms with Crippen LogP contribution in [0.15, 0.2) is 78.1 Å². The summed E-state index contributed by atoms with van der Waals surface area (Å²) < 4.78 is 13.1. The second kappa shape index (κ2) is 9.17. The molecule has 1 aliphatic heterocycles. The molecule has 0 atom stereocenters. The zero-order valence-corrected chi connectivity index (χ0v) is 18.4. The quantitative estimate of drug-likeness (QED) is 0.383. The number of carbonyl (C=O) groups is 1. The first-order chi connectivity index (χ1) is 15.7. The number of pyridine rings is 1. The minimum Gasteiger partial charge on any atom is -0.361 e. The normalized spacial score (nSPS) is 14.7. The van der Waals surface area contributed by atoms with E-state index < -0.39 is 0 Å². The van der Waals surface area contributed by atoms with Crippen molar-refractivity contribution in [3.05, 3.63) is 95.6 Å². The van der Waals surface area contributed by atoms with Crippen LogP contribution in [0.3, 0.4) is 0 Å². The molecule has 0 saturated carbocycles. The maximum absolute atomic E-state index is 13.3. The Kier molecular flexibility index (Phi) is 5.95. The molecule has 0 spiro atoms. The molecule has 2 aromatic heterocycles. The first-order valence-corrected chi connectivity index (χ1v) is 11.8. The van der Waals surface area contributed by atoms with Gasteiger partial charge in [-0.2, -0.15) is 0 Å². The number of aromatic nitrogens is 2. The Morgan fingerprint density at radius 2 is 1.84 bits per heavy atom. The van der Waals surface area contributed by atoms with Gasteiger partial charge in [0.2, 0.25) is 0 Å². The summed E-state index contributed by atoms with van der Waals surface area (Å²) >= 11 is 1.51. The van der Waals surface area contributed by atoms with Gasteiger partial charge in [0.1, 0.15) is 10.8 Å². The van der Waals surface area contributed by atoms with Crippen LogP contribution >= 0.6 is 11.8 Å². The largest absolute Gasteiger partial charge is 0.361 e. The molecule has 1 saturated heterocycles. The van der Waals surface area contributed by atoms with Gasteiger partial charge < -0.3 is 9.88 Å². The number of thioether (sulfide) groups is 1. The highest BCUT2D eigenvalue weighted by Crippen LogP contribution is 2.34. The maximum Gasteiger partial charge on any atom is 0.256 e. The second-order valence-corrected chi connectivity index (χ2v) is 9.09. The molecule has 32 heavy (non-hydrogen) atoms. The summed E-state index contributed by atoms with van der Waals surface area (Å²) in [6, 6.07) is 18.5. The number of benzene rings is 2. The molecule has 0 aliphatic carbocycles. The number of fused-ring (bicyclic) bond motifs is 1. The van der Waals surface area contributed by atoms with Crippen LogP contribution in [-0.4, -0.2) is 33.9 Å². The van der Waals surface area contributed by atoms with Crippen LogP contribution in [0.4, 0.5) is 4.39 Å². The third kappa shape index (κ3) is 4.28. The predicted molar refractivity (Wildman–Crippen MR) is 126 cm³/mol. The van der Waals surface area contributed by atoms with Crippen molar-refractivity contribution < 1.29 is 9.18 Å². The summed E-state index contributed by atoms with van der Waals surface area (Å²) in [4.78, 5) is 23.1. The molecule has 0 radical (unpaired) electrons. The summed E-state index contributed by atoms with van der Waals surface area (Å²) in [5.41, 5.74) is 4.16. The van der Waals surface area contributed by atoms with Gasteiger partial charge in [-0.1, -0.05) is 30.3 Å². The summed E-state index contributed by atoms with van der Waals surface area (Å²) in [5.74, 6) is 0.886. The van der Waals surface area contributed by atoms with E-state index in [9.17, 15) is 9.18 Å². The van der Waals surface area contributed by atoms with Crippen LogP contribution in [0.25, 0.3) is 10.9 Å². The van der Waals surface area contributed by atoms with Gasteiger partial charge in [-0.25, -0.2) is 9.37 Å². The van der Waals surface area contributed by atoms with Gasteiger partial charge in [-0.15, -0.1) is 11.8 Å². The zero-order chi connectivity index (χ0) is 21.9. The predicted octanol–water partition coefficient (Wildman–Crippen LogP) is 6.01. The van der Waals surface area contributed by atoms with E-state index in [1.165, 1.54) is 40.4 Å². The van der Waals surface area contributed by atoms with E-state index in [4.69, 9.17) is 0 Å². The molecule has 1 fully saturated rings. The van der Waals surface area contributed by atoms with Crippen LogP contribution in [-0.2, 0) is 5.75 Å². The zero-order valence-electron chi connectivity index (χ0n) is 17.6. The highest BCUT2D eigenvalue weighted by Gasteiger charge is 2.27. The smallest absolute Gasteiger partial charge is 0.256 e. The van der Waals surface area contributed by atoms with E-state index in [1.807, 2.05) is 23.1 Å². The highest BCUT2D eigenvalue weighted by atomic mass is 32.2. The number of piperidine rings is 1. The van der Waals surface area contributed by atoms with E-state index in [-0.39, 0.29) is 11.7 Å².